The first-order valence-corrected chi connectivity index (χ1v) is 7.59. The summed E-state index contributed by atoms with van der Waals surface area (Å²) in [6.45, 7) is 0. The van der Waals surface area contributed by atoms with E-state index in [4.69, 9.17) is 0 Å². The Morgan fingerprint density at radius 1 is 0.769 bits per heavy atom. The Morgan fingerprint density at radius 2 is 1.12 bits per heavy atom. The molecule has 9 heteroatoms. The van der Waals surface area contributed by atoms with E-state index in [2.05, 4.69) is 0 Å². The van der Waals surface area contributed by atoms with Gasteiger partial charge in [-0.15, -0.1) is 0 Å². The molecule has 2 rings (SSSR count). The molecule has 0 atom stereocenters. The highest BCUT2D eigenvalue weighted by Gasteiger charge is 2.22. The second-order valence-corrected chi connectivity index (χ2v) is 6.04. The van der Waals surface area contributed by atoms with E-state index in [9.17, 15) is 25.0 Å². The summed E-state index contributed by atoms with van der Waals surface area (Å²) < 4.78 is 0. The van der Waals surface area contributed by atoms with Crippen molar-refractivity contribution in [3.63, 3.8) is 0 Å². The second kappa shape index (κ2) is 7.18. The van der Waals surface area contributed by atoms with Gasteiger partial charge in [0.2, 0.25) is 0 Å². The lowest BCUT2D eigenvalue weighted by atomic mass is 10.0. The van der Waals surface area contributed by atoms with Gasteiger partial charge in [-0.05, 0) is 24.3 Å². The fourth-order valence-corrected chi connectivity index (χ4v) is 2.54. The molecular formula is C17H18N4O5. The van der Waals surface area contributed by atoms with Crippen molar-refractivity contribution >= 4 is 28.5 Å². The molecule has 0 saturated carbocycles. The van der Waals surface area contributed by atoms with Crippen molar-refractivity contribution in [3.05, 3.63) is 67.8 Å². The summed E-state index contributed by atoms with van der Waals surface area (Å²) >= 11 is 0. The predicted octanol–water partition coefficient (Wildman–Crippen LogP) is 2.87. The Kier molecular flexibility index (Phi) is 5.20. The normalized spacial score (nSPS) is 10.3. The topological polar surface area (TPSA) is 110 Å². The Balaban J connectivity index is 2.53. The third kappa shape index (κ3) is 3.61. The van der Waals surface area contributed by atoms with Gasteiger partial charge in [0, 0.05) is 51.5 Å². The number of hydrogen-bond donors (Lipinski definition) is 0. The van der Waals surface area contributed by atoms with Crippen molar-refractivity contribution in [1.82, 2.24) is 0 Å². The van der Waals surface area contributed by atoms with Gasteiger partial charge >= 0.3 is 0 Å². The lowest BCUT2D eigenvalue weighted by Crippen LogP contribution is -2.13. The third-order valence-corrected chi connectivity index (χ3v) is 3.83. The SMILES string of the molecule is CN(C)c1ccc(C(=O)c2ccc(N(C)C)c([N+](=O)[O-])c2)cc1[N+](=O)[O-]. The van der Waals surface area contributed by atoms with Gasteiger partial charge in [0.15, 0.2) is 5.78 Å². The molecule has 2 aromatic carbocycles. The fourth-order valence-electron chi connectivity index (χ4n) is 2.54. The van der Waals surface area contributed by atoms with E-state index in [1.807, 2.05) is 0 Å². The van der Waals surface area contributed by atoms with Crippen molar-refractivity contribution in [1.29, 1.82) is 0 Å². The molecule has 0 N–H and O–H groups in total. The smallest absolute Gasteiger partial charge is 0.293 e. The van der Waals surface area contributed by atoms with E-state index >= 15 is 0 Å². The monoisotopic (exact) mass is 358 g/mol. The van der Waals surface area contributed by atoms with Gasteiger partial charge < -0.3 is 9.80 Å². The largest absolute Gasteiger partial charge is 0.372 e. The van der Waals surface area contributed by atoms with Crippen LogP contribution in [0.5, 0.6) is 0 Å². The van der Waals surface area contributed by atoms with Crippen LogP contribution in [0.1, 0.15) is 15.9 Å². The van der Waals surface area contributed by atoms with Gasteiger partial charge in [0.05, 0.1) is 9.85 Å². The maximum Gasteiger partial charge on any atom is 0.293 e. The zero-order chi connectivity index (χ0) is 19.6. The highest BCUT2D eigenvalue weighted by atomic mass is 16.6. The molecule has 0 fully saturated rings. The van der Waals surface area contributed by atoms with Crippen LogP contribution in [0, 0.1) is 20.2 Å². The highest BCUT2D eigenvalue weighted by Crippen LogP contribution is 2.31. The predicted molar refractivity (Wildman–Crippen MR) is 98.3 cm³/mol. The number of anilines is 2. The first kappa shape index (κ1) is 18.8. The summed E-state index contributed by atoms with van der Waals surface area (Å²) in [4.78, 5) is 37.2. The Labute approximate surface area is 149 Å². The first-order chi connectivity index (χ1) is 12.1. The summed E-state index contributed by atoms with van der Waals surface area (Å²) in [5.74, 6) is -0.521. The second-order valence-electron chi connectivity index (χ2n) is 6.04. The number of benzene rings is 2. The molecule has 0 aliphatic rings. The van der Waals surface area contributed by atoms with Gasteiger partial charge in [-0.1, -0.05) is 0 Å². The quantitative estimate of drug-likeness (QED) is 0.443. The minimum Gasteiger partial charge on any atom is -0.372 e. The van der Waals surface area contributed by atoms with Crippen LogP contribution in [-0.4, -0.2) is 43.8 Å². The molecule has 0 spiro atoms. The van der Waals surface area contributed by atoms with Gasteiger partial charge in [-0.25, -0.2) is 0 Å². The molecule has 0 amide bonds. The number of nitrogens with zero attached hydrogens (tertiary/aromatic N) is 4. The zero-order valence-corrected chi connectivity index (χ0v) is 14.8. The van der Waals surface area contributed by atoms with Crippen LogP contribution in [0.15, 0.2) is 36.4 Å². The maximum atomic E-state index is 12.7. The molecular weight excluding hydrogens is 340 g/mol. The van der Waals surface area contributed by atoms with Gasteiger partial charge in [-0.3, -0.25) is 25.0 Å². The van der Waals surface area contributed by atoms with Crippen LogP contribution in [0.2, 0.25) is 0 Å². The number of rotatable bonds is 6. The van der Waals surface area contributed by atoms with Crippen LogP contribution in [0.3, 0.4) is 0 Å². The van der Waals surface area contributed by atoms with E-state index in [-0.39, 0.29) is 22.5 Å². The van der Waals surface area contributed by atoms with Crippen LogP contribution < -0.4 is 9.80 Å². The minimum absolute atomic E-state index is 0.0919. The minimum atomic E-state index is -0.566. The van der Waals surface area contributed by atoms with E-state index in [0.717, 1.165) is 0 Å². The summed E-state index contributed by atoms with van der Waals surface area (Å²) in [6.07, 6.45) is 0. The zero-order valence-electron chi connectivity index (χ0n) is 14.8. The Bertz CT molecular complexity index is 821. The van der Waals surface area contributed by atoms with Crippen LogP contribution in [0.25, 0.3) is 0 Å². The summed E-state index contributed by atoms with van der Waals surface area (Å²) in [5.41, 5.74) is 0.491. The molecule has 0 saturated heterocycles. The molecule has 0 radical (unpaired) electrons. The van der Waals surface area contributed by atoms with E-state index in [1.165, 1.54) is 36.4 Å². The number of ketones is 1. The van der Waals surface area contributed by atoms with Crippen LogP contribution >= 0.6 is 0 Å². The lowest BCUT2D eigenvalue weighted by molar-refractivity contribution is -0.384. The maximum absolute atomic E-state index is 12.7. The molecule has 9 nitrogen and oxygen atoms in total. The van der Waals surface area contributed by atoms with Gasteiger partial charge in [-0.2, -0.15) is 0 Å². The molecule has 0 aliphatic carbocycles. The average molecular weight is 358 g/mol. The molecule has 0 aromatic heterocycles. The third-order valence-electron chi connectivity index (χ3n) is 3.83. The highest BCUT2D eigenvalue weighted by molar-refractivity contribution is 6.10. The number of nitro benzene ring substituents is 2. The number of carbonyl (C=O) groups is 1. The molecule has 2 aromatic rings. The molecule has 0 heterocycles. The average Bonchev–Trinajstić information content (AvgIpc) is 2.59. The van der Waals surface area contributed by atoms with Crippen molar-refractivity contribution in [2.45, 2.75) is 0 Å². The number of hydrogen-bond acceptors (Lipinski definition) is 7. The van der Waals surface area contributed by atoms with Crippen LogP contribution in [-0.2, 0) is 0 Å². The van der Waals surface area contributed by atoms with Crippen molar-refractivity contribution < 1.29 is 14.6 Å². The van der Waals surface area contributed by atoms with Gasteiger partial charge in [0.25, 0.3) is 11.4 Å². The summed E-state index contributed by atoms with van der Waals surface area (Å²) in [6, 6.07) is 8.27. The summed E-state index contributed by atoms with van der Waals surface area (Å²) in [7, 11) is 6.64. The number of carbonyl (C=O) groups excluding carboxylic acids is 1. The number of nitro groups is 2. The lowest BCUT2D eigenvalue weighted by Gasteiger charge is -2.14. The van der Waals surface area contributed by atoms with E-state index in [1.54, 1.807) is 38.0 Å². The molecule has 26 heavy (non-hydrogen) atoms. The van der Waals surface area contributed by atoms with Crippen molar-refractivity contribution in [2.75, 3.05) is 38.0 Å². The van der Waals surface area contributed by atoms with Crippen molar-refractivity contribution in [2.24, 2.45) is 0 Å². The fraction of sp³-hybridized carbons (Fsp3) is 0.235. The standard InChI is InChI=1S/C17H18N4O5/c1-18(2)13-7-5-11(9-15(13)20(23)24)17(22)12-6-8-14(19(3)4)16(10-12)21(25)26/h5-10H,1-4H3. The van der Waals surface area contributed by atoms with Gasteiger partial charge in [0.1, 0.15) is 11.4 Å². The Hall–Kier alpha value is -3.49. The van der Waals surface area contributed by atoms with E-state index < -0.39 is 15.6 Å². The summed E-state index contributed by atoms with van der Waals surface area (Å²) in [5, 5.41) is 22.5. The Morgan fingerprint density at radius 3 is 1.38 bits per heavy atom. The first-order valence-electron chi connectivity index (χ1n) is 7.59. The van der Waals surface area contributed by atoms with Crippen molar-refractivity contribution in [3.8, 4) is 0 Å². The van der Waals surface area contributed by atoms with E-state index in [0.29, 0.717) is 11.4 Å². The molecule has 0 bridgehead atoms. The molecule has 0 aliphatic heterocycles. The van der Waals surface area contributed by atoms with Crippen LogP contribution in [0.4, 0.5) is 22.7 Å². The molecule has 136 valence electrons. The molecule has 0 unspecified atom stereocenters.